The summed E-state index contributed by atoms with van der Waals surface area (Å²) in [5, 5.41) is 2.25. The fourth-order valence-electron chi connectivity index (χ4n) is 1.00. The van der Waals surface area contributed by atoms with Crippen molar-refractivity contribution in [2.45, 2.75) is 0 Å². The molecule has 0 aliphatic rings. The number of ketones is 1. The van der Waals surface area contributed by atoms with Gasteiger partial charge in [-0.05, 0) is 0 Å². The van der Waals surface area contributed by atoms with Crippen molar-refractivity contribution in [2.24, 2.45) is 0 Å². The molecule has 0 spiro atoms. The van der Waals surface area contributed by atoms with E-state index < -0.39 is 0 Å². The predicted molar refractivity (Wildman–Crippen MR) is 61.5 cm³/mol. The van der Waals surface area contributed by atoms with Crippen LogP contribution in [-0.2, 0) is 0 Å². The molecule has 0 unspecified atom stereocenters. The first-order chi connectivity index (χ1) is 5.83. The zero-order valence-electron chi connectivity index (χ0n) is 6.44. The third kappa shape index (κ3) is 1.84. The number of nitrogens with zero attached hydrogens (tertiary/aromatic N) is 2. The van der Waals surface area contributed by atoms with Gasteiger partial charge in [0.1, 0.15) is 5.69 Å². The van der Waals surface area contributed by atoms with E-state index in [1.165, 1.54) is 11.3 Å². The number of Topliss-reactive ketones (excluding diaryl/α,β-unsaturated/α-hetero) is 1. The molecule has 70 valence electrons. The summed E-state index contributed by atoms with van der Waals surface area (Å²) >= 11 is 4.64. The normalized spacial score (nSPS) is 9.92. The highest BCUT2D eigenvalue weighted by Crippen LogP contribution is 2.13. The molecule has 13 heavy (non-hydrogen) atoms. The monoisotopic (exact) mass is 324 g/mol. The van der Waals surface area contributed by atoms with E-state index in [0.717, 1.165) is 4.96 Å². The zero-order valence-corrected chi connectivity index (χ0v) is 10.6. The number of halogens is 2. The Kier molecular flexibility index (Phi) is 3.63. The molecule has 0 bridgehead atoms. The van der Waals surface area contributed by atoms with E-state index in [0.29, 0.717) is 11.0 Å². The minimum absolute atomic E-state index is 0. The molecule has 0 radical (unpaired) electrons. The molecule has 0 aromatic carbocycles. The number of alkyl halides is 1. The highest BCUT2D eigenvalue weighted by molar-refractivity contribution is 9.09. The molecule has 0 saturated heterocycles. The molecule has 0 N–H and O–H groups in total. The lowest BCUT2D eigenvalue weighted by Crippen LogP contribution is -2.02. The van der Waals surface area contributed by atoms with Crippen molar-refractivity contribution in [1.82, 2.24) is 9.38 Å². The number of rotatable bonds is 2. The summed E-state index contributed by atoms with van der Waals surface area (Å²) in [6.45, 7) is 0. The van der Waals surface area contributed by atoms with Crippen LogP contribution >= 0.6 is 44.2 Å². The third-order valence-electron chi connectivity index (χ3n) is 1.55. The highest BCUT2D eigenvalue weighted by Gasteiger charge is 2.10. The first-order valence-electron chi connectivity index (χ1n) is 3.32. The van der Waals surface area contributed by atoms with E-state index in [1.54, 1.807) is 10.6 Å². The van der Waals surface area contributed by atoms with E-state index in [2.05, 4.69) is 20.9 Å². The molecule has 2 aromatic rings. The minimum Gasteiger partial charge on any atom is -0.291 e. The van der Waals surface area contributed by atoms with Crippen LogP contribution in [0, 0.1) is 0 Å². The predicted octanol–water partition coefficient (Wildman–Crippen LogP) is 2.55. The summed E-state index contributed by atoms with van der Waals surface area (Å²) in [5.74, 6) is 0.0564. The lowest BCUT2D eigenvalue weighted by molar-refractivity contribution is 0.101. The average Bonchev–Trinajstić information content (AvgIpc) is 2.62. The van der Waals surface area contributed by atoms with Crippen LogP contribution in [0.1, 0.15) is 10.5 Å². The smallest absolute Gasteiger partial charge is 0.194 e. The fraction of sp³-hybridized carbons (Fsp3) is 0.143. The molecule has 0 fully saturated rings. The Morgan fingerprint density at radius 1 is 1.69 bits per heavy atom. The summed E-state index contributed by atoms with van der Waals surface area (Å²) in [7, 11) is 0. The van der Waals surface area contributed by atoms with Gasteiger partial charge in [0.25, 0.3) is 0 Å². The standard InChI is InChI=1S/C7H5BrN2OS.BrH/c8-3-6(11)5-4-9-7-10(5)1-2-12-7;/h1-2,4H,3H2;1H. The van der Waals surface area contributed by atoms with Crippen LogP contribution in [0.3, 0.4) is 0 Å². The van der Waals surface area contributed by atoms with Gasteiger partial charge >= 0.3 is 0 Å². The molecule has 6 heteroatoms. The Balaban J connectivity index is 0.000000845. The maximum Gasteiger partial charge on any atom is 0.194 e. The summed E-state index contributed by atoms with van der Waals surface area (Å²) in [6.07, 6.45) is 3.46. The van der Waals surface area contributed by atoms with E-state index in [4.69, 9.17) is 0 Å². The molecule has 2 aromatic heterocycles. The van der Waals surface area contributed by atoms with E-state index in [9.17, 15) is 4.79 Å². The van der Waals surface area contributed by atoms with Crippen LogP contribution < -0.4 is 0 Å². The topological polar surface area (TPSA) is 34.4 Å². The number of hydrogen-bond donors (Lipinski definition) is 0. The third-order valence-corrected chi connectivity index (χ3v) is 2.83. The number of fused-ring (bicyclic) bond motifs is 1. The molecule has 0 aliphatic carbocycles. The van der Waals surface area contributed by atoms with Crippen molar-refractivity contribution in [3.8, 4) is 0 Å². The number of imidazole rings is 1. The number of carbonyl (C=O) groups is 1. The van der Waals surface area contributed by atoms with Gasteiger partial charge in [0, 0.05) is 11.6 Å². The van der Waals surface area contributed by atoms with Crippen LogP contribution in [0.15, 0.2) is 17.8 Å². The molecule has 0 saturated carbocycles. The maximum atomic E-state index is 11.3. The molecule has 0 atom stereocenters. The number of thiazole rings is 1. The first kappa shape index (κ1) is 10.9. The van der Waals surface area contributed by atoms with Gasteiger partial charge in [-0.15, -0.1) is 28.3 Å². The quantitative estimate of drug-likeness (QED) is 0.628. The van der Waals surface area contributed by atoms with Crippen molar-refractivity contribution in [3.05, 3.63) is 23.5 Å². The van der Waals surface area contributed by atoms with Gasteiger partial charge < -0.3 is 0 Å². The summed E-state index contributed by atoms with van der Waals surface area (Å²) in [6, 6.07) is 0. The van der Waals surface area contributed by atoms with Crippen molar-refractivity contribution in [2.75, 3.05) is 5.33 Å². The van der Waals surface area contributed by atoms with Gasteiger partial charge in [-0.25, -0.2) is 4.98 Å². The zero-order chi connectivity index (χ0) is 8.55. The second-order valence-corrected chi connectivity index (χ2v) is 3.69. The van der Waals surface area contributed by atoms with Gasteiger partial charge in [-0.2, -0.15) is 0 Å². The van der Waals surface area contributed by atoms with E-state index in [-0.39, 0.29) is 22.8 Å². The van der Waals surface area contributed by atoms with Crippen molar-refractivity contribution in [3.63, 3.8) is 0 Å². The van der Waals surface area contributed by atoms with Gasteiger partial charge in [0.05, 0.1) is 11.5 Å². The second kappa shape index (κ2) is 4.34. The van der Waals surface area contributed by atoms with Crippen LogP contribution in [0.25, 0.3) is 4.96 Å². The van der Waals surface area contributed by atoms with Crippen molar-refractivity contribution < 1.29 is 4.79 Å². The number of carbonyl (C=O) groups excluding carboxylic acids is 1. The van der Waals surface area contributed by atoms with Gasteiger partial charge in [0.2, 0.25) is 0 Å². The van der Waals surface area contributed by atoms with Gasteiger partial charge in [-0.1, -0.05) is 15.9 Å². The maximum absolute atomic E-state index is 11.3. The molecular weight excluding hydrogens is 320 g/mol. The summed E-state index contributed by atoms with van der Waals surface area (Å²) in [5.41, 5.74) is 0.642. The highest BCUT2D eigenvalue weighted by atomic mass is 79.9. The molecular formula is C7H6Br2N2OS. The van der Waals surface area contributed by atoms with Crippen LogP contribution in [-0.4, -0.2) is 20.5 Å². The summed E-state index contributed by atoms with van der Waals surface area (Å²) < 4.78 is 1.80. The largest absolute Gasteiger partial charge is 0.291 e. The Morgan fingerprint density at radius 2 is 2.46 bits per heavy atom. The van der Waals surface area contributed by atoms with Gasteiger partial charge in [-0.3, -0.25) is 9.20 Å². The molecule has 2 rings (SSSR count). The van der Waals surface area contributed by atoms with Crippen LogP contribution in [0.5, 0.6) is 0 Å². The first-order valence-corrected chi connectivity index (χ1v) is 5.33. The number of hydrogen-bond acceptors (Lipinski definition) is 3. The number of aromatic nitrogens is 2. The molecule has 3 nitrogen and oxygen atoms in total. The second-order valence-electron chi connectivity index (χ2n) is 2.26. The fourth-order valence-corrected chi connectivity index (χ4v) is 1.98. The SMILES string of the molecule is Br.O=C(CBr)c1cnc2sccn12. The lowest BCUT2D eigenvalue weighted by Gasteiger charge is -1.91. The van der Waals surface area contributed by atoms with E-state index >= 15 is 0 Å². The minimum atomic E-state index is 0. The average molecular weight is 326 g/mol. The lowest BCUT2D eigenvalue weighted by atomic mass is 10.3. The Bertz CT molecular complexity index is 423. The molecule has 2 heterocycles. The Morgan fingerprint density at radius 3 is 3.15 bits per heavy atom. The summed E-state index contributed by atoms with van der Waals surface area (Å²) in [4.78, 5) is 16.2. The van der Waals surface area contributed by atoms with Crippen LogP contribution in [0.4, 0.5) is 0 Å². The molecule has 0 amide bonds. The molecule has 0 aliphatic heterocycles. The van der Waals surface area contributed by atoms with Gasteiger partial charge in [0.15, 0.2) is 10.7 Å². The van der Waals surface area contributed by atoms with Crippen molar-refractivity contribution in [1.29, 1.82) is 0 Å². The Labute approximate surface area is 97.7 Å². The Hall–Kier alpha value is -0.200. The van der Waals surface area contributed by atoms with Crippen LogP contribution in [0.2, 0.25) is 0 Å². The van der Waals surface area contributed by atoms with Crippen molar-refractivity contribution >= 4 is 55.0 Å². The van der Waals surface area contributed by atoms with E-state index in [1.807, 2.05) is 11.6 Å².